The lowest BCUT2D eigenvalue weighted by Gasteiger charge is -2.39. The molecule has 5 nitrogen and oxygen atoms in total. The molecule has 0 spiro atoms. The van der Waals surface area contributed by atoms with Crippen LogP contribution in [0.5, 0.6) is 0 Å². The first kappa shape index (κ1) is 18.5. The predicted octanol–water partition coefficient (Wildman–Crippen LogP) is 2.53. The van der Waals surface area contributed by atoms with Gasteiger partial charge >= 0.3 is 0 Å². The summed E-state index contributed by atoms with van der Waals surface area (Å²) in [6.45, 7) is 4.54. The number of carbonyl (C=O) groups excluding carboxylic acids is 2. The maximum absolute atomic E-state index is 12.5. The molecule has 0 saturated carbocycles. The van der Waals surface area contributed by atoms with E-state index in [4.69, 9.17) is 4.74 Å². The number of nitrogens with zero attached hydrogens (tertiary/aromatic N) is 1. The molecule has 1 aromatic rings. The number of carbonyl (C=O) groups is 2. The number of likely N-dealkylation sites (tertiary alicyclic amines) is 1. The largest absolute Gasteiger partial charge is 0.375 e. The molecule has 1 N–H and O–H groups in total. The number of hydrogen-bond acceptors (Lipinski definition) is 3. The lowest BCUT2D eigenvalue weighted by atomic mass is 9.88. The highest BCUT2D eigenvalue weighted by Gasteiger charge is 2.35. The highest BCUT2D eigenvalue weighted by molar-refractivity contribution is 5.82. The van der Waals surface area contributed by atoms with Gasteiger partial charge in [-0.2, -0.15) is 0 Å². The molecular formula is C19H28N2O3. The van der Waals surface area contributed by atoms with Crippen LogP contribution in [0.2, 0.25) is 0 Å². The topological polar surface area (TPSA) is 58.6 Å². The van der Waals surface area contributed by atoms with Crippen LogP contribution >= 0.6 is 0 Å². The van der Waals surface area contributed by atoms with E-state index in [1.54, 1.807) is 0 Å². The second-order valence-electron chi connectivity index (χ2n) is 6.50. The molecule has 3 atom stereocenters. The SMILES string of the molecule is CCC(C)NC(=O)C1CCC(c2ccccc2)N(C(=O)COC)C1. The van der Waals surface area contributed by atoms with E-state index in [1.165, 1.54) is 7.11 Å². The molecule has 1 fully saturated rings. The van der Waals surface area contributed by atoms with Gasteiger partial charge < -0.3 is 15.0 Å². The number of ether oxygens (including phenoxy) is 1. The second kappa shape index (κ2) is 8.83. The molecule has 3 unspecified atom stereocenters. The van der Waals surface area contributed by atoms with Gasteiger partial charge in [0, 0.05) is 19.7 Å². The first-order chi connectivity index (χ1) is 11.6. The smallest absolute Gasteiger partial charge is 0.249 e. The Kier molecular flexibility index (Phi) is 6.79. The monoisotopic (exact) mass is 332 g/mol. The van der Waals surface area contributed by atoms with Gasteiger partial charge in [0.1, 0.15) is 6.61 Å². The summed E-state index contributed by atoms with van der Waals surface area (Å²) in [5.74, 6) is -0.168. The minimum Gasteiger partial charge on any atom is -0.375 e. The van der Waals surface area contributed by atoms with Crippen LogP contribution < -0.4 is 5.32 Å². The zero-order valence-corrected chi connectivity index (χ0v) is 14.8. The van der Waals surface area contributed by atoms with E-state index >= 15 is 0 Å². The van der Waals surface area contributed by atoms with Crippen molar-refractivity contribution in [3.8, 4) is 0 Å². The predicted molar refractivity (Wildman–Crippen MR) is 93.4 cm³/mol. The summed E-state index contributed by atoms with van der Waals surface area (Å²) in [7, 11) is 1.52. The molecule has 1 saturated heterocycles. The Morgan fingerprint density at radius 2 is 2.00 bits per heavy atom. The van der Waals surface area contributed by atoms with E-state index in [-0.39, 0.29) is 36.4 Å². The third-order valence-corrected chi connectivity index (χ3v) is 4.73. The van der Waals surface area contributed by atoms with Gasteiger partial charge in [0.15, 0.2) is 0 Å². The van der Waals surface area contributed by atoms with Crippen LogP contribution in [-0.4, -0.2) is 43.0 Å². The number of rotatable bonds is 6. The number of amides is 2. The molecule has 5 heteroatoms. The Bertz CT molecular complexity index is 547. The Morgan fingerprint density at radius 3 is 2.62 bits per heavy atom. The molecule has 132 valence electrons. The fourth-order valence-corrected chi connectivity index (χ4v) is 3.15. The third kappa shape index (κ3) is 4.57. The molecule has 0 aliphatic carbocycles. The summed E-state index contributed by atoms with van der Waals surface area (Å²) >= 11 is 0. The van der Waals surface area contributed by atoms with Gasteiger partial charge in [-0.05, 0) is 31.7 Å². The van der Waals surface area contributed by atoms with Crippen molar-refractivity contribution in [1.82, 2.24) is 10.2 Å². The lowest BCUT2D eigenvalue weighted by Crippen LogP contribution is -2.49. The maximum atomic E-state index is 12.5. The highest BCUT2D eigenvalue weighted by Crippen LogP contribution is 2.33. The quantitative estimate of drug-likeness (QED) is 0.871. The van der Waals surface area contributed by atoms with Crippen molar-refractivity contribution in [1.29, 1.82) is 0 Å². The van der Waals surface area contributed by atoms with E-state index in [1.807, 2.05) is 49.1 Å². The summed E-state index contributed by atoms with van der Waals surface area (Å²) in [4.78, 5) is 26.8. The molecule has 24 heavy (non-hydrogen) atoms. The van der Waals surface area contributed by atoms with Crippen molar-refractivity contribution >= 4 is 11.8 Å². The Morgan fingerprint density at radius 1 is 1.29 bits per heavy atom. The molecule has 1 heterocycles. The van der Waals surface area contributed by atoms with E-state index in [0.717, 1.165) is 24.8 Å². The minimum absolute atomic E-state index is 0.0153. The second-order valence-corrected chi connectivity index (χ2v) is 6.50. The number of nitrogens with one attached hydrogen (secondary N) is 1. The molecule has 0 bridgehead atoms. The van der Waals surface area contributed by atoms with Gasteiger partial charge in [-0.15, -0.1) is 0 Å². The van der Waals surface area contributed by atoms with Gasteiger partial charge in [0.05, 0.1) is 12.0 Å². The highest BCUT2D eigenvalue weighted by atomic mass is 16.5. The zero-order chi connectivity index (χ0) is 17.5. The van der Waals surface area contributed by atoms with Crippen molar-refractivity contribution in [2.45, 2.75) is 45.2 Å². The van der Waals surface area contributed by atoms with Crippen molar-refractivity contribution in [3.63, 3.8) is 0 Å². The average Bonchev–Trinajstić information content (AvgIpc) is 2.62. The van der Waals surface area contributed by atoms with E-state index in [2.05, 4.69) is 5.32 Å². The van der Waals surface area contributed by atoms with Crippen LogP contribution in [0.3, 0.4) is 0 Å². The first-order valence-corrected chi connectivity index (χ1v) is 8.70. The summed E-state index contributed by atoms with van der Waals surface area (Å²) in [5.41, 5.74) is 1.11. The van der Waals surface area contributed by atoms with Gasteiger partial charge in [-0.1, -0.05) is 37.3 Å². The Labute approximate surface area is 144 Å². The minimum atomic E-state index is -0.153. The zero-order valence-electron chi connectivity index (χ0n) is 14.8. The third-order valence-electron chi connectivity index (χ3n) is 4.73. The van der Waals surface area contributed by atoms with Crippen LogP contribution in [0.25, 0.3) is 0 Å². The van der Waals surface area contributed by atoms with E-state index < -0.39 is 0 Å². The van der Waals surface area contributed by atoms with Gasteiger partial charge in [-0.25, -0.2) is 0 Å². The van der Waals surface area contributed by atoms with Gasteiger partial charge in [0.2, 0.25) is 11.8 Å². The number of piperidine rings is 1. The summed E-state index contributed by atoms with van der Waals surface area (Å²) in [6.07, 6.45) is 2.48. The van der Waals surface area contributed by atoms with Crippen molar-refractivity contribution in [2.75, 3.05) is 20.3 Å². The fraction of sp³-hybridized carbons (Fsp3) is 0.579. The molecule has 1 aromatic carbocycles. The molecule has 2 amide bonds. The maximum Gasteiger partial charge on any atom is 0.249 e. The summed E-state index contributed by atoms with van der Waals surface area (Å²) in [5, 5.41) is 3.04. The summed E-state index contributed by atoms with van der Waals surface area (Å²) < 4.78 is 5.03. The van der Waals surface area contributed by atoms with Gasteiger partial charge in [-0.3, -0.25) is 9.59 Å². The molecule has 1 aliphatic rings. The van der Waals surface area contributed by atoms with Crippen LogP contribution in [0.4, 0.5) is 0 Å². The number of methoxy groups -OCH3 is 1. The van der Waals surface area contributed by atoms with Crippen LogP contribution in [0, 0.1) is 5.92 Å². The molecule has 1 aliphatic heterocycles. The lowest BCUT2D eigenvalue weighted by molar-refractivity contribution is -0.142. The standard InChI is InChI=1S/C19H28N2O3/c1-4-14(2)20-19(23)16-10-11-17(15-8-6-5-7-9-15)21(12-16)18(22)13-24-3/h5-9,14,16-17H,4,10-13H2,1-3H3,(H,20,23). The van der Waals surface area contributed by atoms with E-state index in [0.29, 0.717) is 6.54 Å². The molecular weight excluding hydrogens is 304 g/mol. The number of hydrogen-bond donors (Lipinski definition) is 1. The van der Waals surface area contributed by atoms with Crippen molar-refractivity contribution < 1.29 is 14.3 Å². The van der Waals surface area contributed by atoms with E-state index in [9.17, 15) is 9.59 Å². The Hall–Kier alpha value is -1.88. The average molecular weight is 332 g/mol. The van der Waals surface area contributed by atoms with Crippen molar-refractivity contribution in [2.24, 2.45) is 5.92 Å². The summed E-state index contributed by atoms with van der Waals surface area (Å²) in [6, 6.07) is 10.2. The van der Waals surface area contributed by atoms with Gasteiger partial charge in [0.25, 0.3) is 0 Å². The van der Waals surface area contributed by atoms with Crippen LogP contribution in [0.15, 0.2) is 30.3 Å². The normalized spacial score (nSPS) is 22.0. The van der Waals surface area contributed by atoms with Crippen LogP contribution in [0.1, 0.15) is 44.7 Å². The Balaban J connectivity index is 2.13. The first-order valence-electron chi connectivity index (χ1n) is 8.70. The van der Waals surface area contributed by atoms with Crippen molar-refractivity contribution in [3.05, 3.63) is 35.9 Å². The molecule has 2 rings (SSSR count). The molecule has 0 aromatic heterocycles. The fourth-order valence-electron chi connectivity index (χ4n) is 3.15. The molecule has 0 radical (unpaired) electrons. The number of benzene rings is 1. The van der Waals surface area contributed by atoms with Crippen LogP contribution in [-0.2, 0) is 14.3 Å².